The third-order valence-electron chi connectivity index (χ3n) is 3.05. The molecular formula is C18H10Cl4O5. The van der Waals surface area contributed by atoms with E-state index in [9.17, 15) is 14.4 Å². The first kappa shape index (κ1) is 21.3. The molecule has 2 rings (SSSR count). The first-order valence-electron chi connectivity index (χ1n) is 7.23. The Balaban J connectivity index is 2.31. The zero-order valence-electron chi connectivity index (χ0n) is 13.6. The molecule has 2 aromatic rings. The van der Waals surface area contributed by atoms with Crippen molar-refractivity contribution < 1.29 is 23.9 Å². The maximum Gasteiger partial charge on any atom is 0.336 e. The number of rotatable bonds is 5. The van der Waals surface area contributed by atoms with E-state index in [1.807, 2.05) is 0 Å². The lowest BCUT2D eigenvalue weighted by Crippen LogP contribution is -2.07. The van der Waals surface area contributed by atoms with Gasteiger partial charge in [-0.15, -0.1) is 0 Å². The van der Waals surface area contributed by atoms with E-state index >= 15 is 0 Å². The Morgan fingerprint density at radius 3 is 1.89 bits per heavy atom. The second-order valence-corrected chi connectivity index (χ2v) is 6.77. The van der Waals surface area contributed by atoms with Gasteiger partial charge < -0.3 is 9.47 Å². The van der Waals surface area contributed by atoms with Crippen molar-refractivity contribution in [3.8, 4) is 11.5 Å². The molecule has 0 radical (unpaired) electrons. The molecule has 0 unspecified atom stereocenters. The summed E-state index contributed by atoms with van der Waals surface area (Å²) in [6, 6.07) is 5.47. The van der Waals surface area contributed by atoms with Crippen LogP contribution >= 0.6 is 46.4 Å². The van der Waals surface area contributed by atoms with E-state index in [0.29, 0.717) is 6.29 Å². The van der Waals surface area contributed by atoms with Crippen LogP contribution in [0, 0.1) is 0 Å². The van der Waals surface area contributed by atoms with Gasteiger partial charge in [0.05, 0.1) is 15.6 Å². The van der Waals surface area contributed by atoms with Gasteiger partial charge in [-0.25, -0.2) is 4.79 Å². The van der Waals surface area contributed by atoms with Gasteiger partial charge in [-0.2, -0.15) is 0 Å². The molecule has 5 nitrogen and oxygen atoms in total. The Hall–Kier alpha value is -2.05. The fourth-order valence-electron chi connectivity index (χ4n) is 2.02. The van der Waals surface area contributed by atoms with Gasteiger partial charge in [0.15, 0.2) is 17.8 Å². The number of carbonyl (C=O) groups is 3. The second kappa shape index (κ2) is 9.24. The molecule has 0 saturated carbocycles. The Morgan fingerprint density at radius 1 is 0.852 bits per heavy atom. The summed E-state index contributed by atoms with van der Waals surface area (Å²) in [7, 11) is 0. The number of hydrogen-bond acceptors (Lipinski definition) is 5. The maximum atomic E-state index is 12.1. The summed E-state index contributed by atoms with van der Waals surface area (Å²) < 4.78 is 10.1. The van der Waals surface area contributed by atoms with Gasteiger partial charge in [0.2, 0.25) is 0 Å². The molecule has 2 aromatic carbocycles. The summed E-state index contributed by atoms with van der Waals surface area (Å²) in [5.41, 5.74) is 0.290. The molecule has 0 fully saturated rings. The van der Waals surface area contributed by atoms with Gasteiger partial charge in [0.25, 0.3) is 0 Å². The zero-order chi connectivity index (χ0) is 20.1. The SMILES string of the molecule is CC(=O)Oc1c(Cl)cc(Cl)cc1C=CC(=O)Oc1c(Cl)cc(Cl)cc1C=O. The van der Waals surface area contributed by atoms with Gasteiger partial charge in [0, 0.05) is 28.6 Å². The van der Waals surface area contributed by atoms with Crippen molar-refractivity contribution in [2.45, 2.75) is 6.92 Å². The van der Waals surface area contributed by atoms with Gasteiger partial charge in [-0.1, -0.05) is 46.4 Å². The minimum atomic E-state index is -0.841. The van der Waals surface area contributed by atoms with Crippen LogP contribution in [-0.4, -0.2) is 18.2 Å². The fourth-order valence-corrected chi connectivity index (χ4v) is 3.12. The van der Waals surface area contributed by atoms with E-state index in [0.717, 1.165) is 6.08 Å². The normalized spacial score (nSPS) is 10.7. The number of esters is 2. The van der Waals surface area contributed by atoms with Crippen LogP contribution in [0.1, 0.15) is 22.8 Å². The molecule has 0 aliphatic carbocycles. The molecule has 0 heterocycles. The lowest BCUT2D eigenvalue weighted by molar-refractivity contribution is -0.132. The van der Waals surface area contributed by atoms with Gasteiger partial charge in [-0.3, -0.25) is 9.59 Å². The van der Waals surface area contributed by atoms with Crippen molar-refractivity contribution in [3.05, 3.63) is 61.6 Å². The molecule has 0 atom stereocenters. The van der Waals surface area contributed by atoms with Crippen LogP contribution in [0.4, 0.5) is 0 Å². The second-order valence-electron chi connectivity index (χ2n) is 5.08. The molecule has 0 amide bonds. The third kappa shape index (κ3) is 5.71. The van der Waals surface area contributed by atoms with Crippen LogP contribution in [0.25, 0.3) is 6.08 Å². The number of halogens is 4. The van der Waals surface area contributed by atoms with Crippen LogP contribution in [0.3, 0.4) is 0 Å². The Labute approximate surface area is 174 Å². The first-order chi connectivity index (χ1) is 12.7. The molecule has 0 aliphatic heterocycles. The standard InChI is InChI=1S/C18H10Cl4O5/c1-9(24)26-17-10(4-12(19)6-14(17)21)2-3-16(25)27-18-11(8-23)5-13(20)7-15(18)22/h2-8H,1H3. The van der Waals surface area contributed by atoms with Crippen LogP contribution in [0.2, 0.25) is 20.1 Å². The van der Waals surface area contributed by atoms with E-state index in [4.69, 9.17) is 55.9 Å². The smallest absolute Gasteiger partial charge is 0.336 e. The average Bonchev–Trinajstić information content (AvgIpc) is 2.57. The monoisotopic (exact) mass is 446 g/mol. The molecule has 140 valence electrons. The van der Waals surface area contributed by atoms with Gasteiger partial charge >= 0.3 is 11.9 Å². The van der Waals surface area contributed by atoms with E-state index in [1.54, 1.807) is 0 Å². The van der Waals surface area contributed by atoms with Crippen molar-refractivity contribution in [2.75, 3.05) is 0 Å². The molecule has 0 aliphatic rings. The molecule has 27 heavy (non-hydrogen) atoms. The largest absolute Gasteiger partial charge is 0.424 e. The van der Waals surface area contributed by atoms with Crippen molar-refractivity contribution in [2.24, 2.45) is 0 Å². The average molecular weight is 448 g/mol. The number of ether oxygens (including phenoxy) is 2. The van der Waals surface area contributed by atoms with Crippen molar-refractivity contribution in [1.29, 1.82) is 0 Å². The van der Waals surface area contributed by atoms with Crippen LogP contribution in [0.5, 0.6) is 11.5 Å². The lowest BCUT2D eigenvalue weighted by Gasteiger charge is -2.09. The summed E-state index contributed by atoms with van der Waals surface area (Å²) in [5.74, 6) is -1.53. The number of benzene rings is 2. The molecule has 0 N–H and O–H groups in total. The predicted molar refractivity (Wildman–Crippen MR) is 104 cm³/mol. The highest BCUT2D eigenvalue weighted by molar-refractivity contribution is 6.36. The number of carbonyl (C=O) groups excluding carboxylic acids is 3. The molecule has 0 aromatic heterocycles. The highest BCUT2D eigenvalue weighted by Gasteiger charge is 2.15. The van der Waals surface area contributed by atoms with Gasteiger partial charge in [-0.05, 0) is 30.3 Å². The summed E-state index contributed by atoms with van der Waals surface area (Å²) in [6.07, 6.45) is 2.79. The molecular weight excluding hydrogens is 438 g/mol. The summed E-state index contributed by atoms with van der Waals surface area (Å²) in [5, 5.41) is 0.581. The predicted octanol–water partition coefficient (Wildman–Crippen LogP) is 5.66. The molecule has 0 bridgehead atoms. The topological polar surface area (TPSA) is 69.7 Å². The highest BCUT2D eigenvalue weighted by Crippen LogP contribution is 2.34. The maximum absolute atomic E-state index is 12.1. The zero-order valence-corrected chi connectivity index (χ0v) is 16.6. The lowest BCUT2D eigenvalue weighted by atomic mass is 10.2. The summed E-state index contributed by atoms with van der Waals surface area (Å²) in [4.78, 5) is 34.4. The van der Waals surface area contributed by atoms with E-state index in [1.165, 1.54) is 37.3 Å². The quantitative estimate of drug-likeness (QED) is 0.256. The first-order valence-corrected chi connectivity index (χ1v) is 8.74. The van der Waals surface area contributed by atoms with E-state index in [-0.39, 0.29) is 42.7 Å². The minimum Gasteiger partial charge on any atom is -0.424 e. The van der Waals surface area contributed by atoms with Gasteiger partial charge in [0.1, 0.15) is 0 Å². The number of aldehydes is 1. The van der Waals surface area contributed by atoms with Crippen LogP contribution < -0.4 is 9.47 Å². The number of hydrogen-bond donors (Lipinski definition) is 0. The van der Waals surface area contributed by atoms with Crippen LogP contribution in [0.15, 0.2) is 30.3 Å². The summed E-state index contributed by atoms with van der Waals surface area (Å²) >= 11 is 23.7. The Kier molecular flexibility index (Phi) is 7.27. The van der Waals surface area contributed by atoms with E-state index in [2.05, 4.69) is 0 Å². The third-order valence-corrected chi connectivity index (χ3v) is 4.05. The fraction of sp³-hybridized carbons (Fsp3) is 0.0556. The molecule has 0 spiro atoms. The molecule has 0 saturated heterocycles. The van der Waals surface area contributed by atoms with E-state index < -0.39 is 11.9 Å². The Morgan fingerprint density at radius 2 is 1.37 bits per heavy atom. The minimum absolute atomic E-state index is 0.00208. The van der Waals surface area contributed by atoms with Crippen molar-refractivity contribution in [1.82, 2.24) is 0 Å². The Bertz CT molecular complexity index is 953. The van der Waals surface area contributed by atoms with Crippen molar-refractivity contribution in [3.63, 3.8) is 0 Å². The van der Waals surface area contributed by atoms with Crippen molar-refractivity contribution >= 4 is 70.7 Å². The van der Waals surface area contributed by atoms with Crippen LogP contribution in [-0.2, 0) is 9.59 Å². The molecule has 9 heteroatoms. The summed E-state index contributed by atoms with van der Waals surface area (Å²) in [6.45, 7) is 1.20. The highest BCUT2D eigenvalue weighted by atomic mass is 35.5.